The Balaban J connectivity index is 2.05. The van der Waals surface area contributed by atoms with Gasteiger partial charge in [-0.15, -0.1) is 0 Å². The summed E-state index contributed by atoms with van der Waals surface area (Å²) in [6, 6.07) is 9.67. The van der Waals surface area contributed by atoms with Crippen molar-refractivity contribution < 1.29 is 19.4 Å². The first-order valence-electron chi connectivity index (χ1n) is 5.28. The van der Waals surface area contributed by atoms with Crippen LogP contribution < -0.4 is 5.32 Å². The van der Waals surface area contributed by atoms with Crippen molar-refractivity contribution in [3.05, 3.63) is 35.9 Å². The quantitative estimate of drug-likeness (QED) is 0.543. The van der Waals surface area contributed by atoms with Crippen LogP contribution in [0.2, 0.25) is 0 Å². The Kier molecular flexibility index (Phi) is 5.74. The summed E-state index contributed by atoms with van der Waals surface area (Å²) >= 11 is 0. The minimum Gasteiger partial charge on any atom is -0.481 e. The maximum absolute atomic E-state index is 10.9. The largest absolute Gasteiger partial charge is 0.481 e. The Hall–Kier alpha value is -1.88. The van der Waals surface area contributed by atoms with E-state index in [1.165, 1.54) is 0 Å². The van der Waals surface area contributed by atoms with Crippen LogP contribution >= 0.6 is 0 Å². The second-order valence-corrected chi connectivity index (χ2v) is 3.46. The molecule has 0 fully saturated rings. The van der Waals surface area contributed by atoms with Crippen molar-refractivity contribution in [2.24, 2.45) is 0 Å². The third-order valence-electron chi connectivity index (χ3n) is 1.99. The number of carbonyl (C=O) groups excluding carboxylic acids is 1. The fourth-order valence-corrected chi connectivity index (χ4v) is 1.23. The molecule has 1 amide bonds. The molecule has 0 heterocycles. The molecule has 0 spiro atoms. The molecule has 0 atom stereocenters. The zero-order chi connectivity index (χ0) is 12.5. The number of ether oxygens (including phenoxy) is 1. The number of benzene rings is 1. The van der Waals surface area contributed by atoms with Gasteiger partial charge < -0.3 is 15.2 Å². The highest BCUT2D eigenvalue weighted by Gasteiger charge is 2.05. The van der Waals surface area contributed by atoms with Crippen LogP contribution in [0.4, 0.5) is 0 Å². The molecule has 5 heteroatoms. The van der Waals surface area contributed by atoms with Crippen LogP contribution in [-0.4, -0.2) is 30.1 Å². The average molecular weight is 237 g/mol. The molecule has 0 aromatic heterocycles. The van der Waals surface area contributed by atoms with E-state index in [-0.39, 0.29) is 0 Å². The van der Waals surface area contributed by atoms with Gasteiger partial charge >= 0.3 is 5.97 Å². The van der Waals surface area contributed by atoms with Crippen molar-refractivity contribution in [2.45, 2.75) is 13.0 Å². The third-order valence-corrected chi connectivity index (χ3v) is 1.99. The Morgan fingerprint density at radius 3 is 2.59 bits per heavy atom. The lowest BCUT2D eigenvalue weighted by Crippen LogP contribution is -2.28. The van der Waals surface area contributed by atoms with E-state index in [0.717, 1.165) is 5.56 Å². The fraction of sp³-hybridized carbons (Fsp3) is 0.333. The van der Waals surface area contributed by atoms with Gasteiger partial charge in [0, 0.05) is 6.54 Å². The Labute approximate surface area is 99.4 Å². The van der Waals surface area contributed by atoms with E-state index in [2.05, 4.69) is 5.32 Å². The highest BCUT2D eigenvalue weighted by Crippen LogP contribution is 1.99. The molecular weight excluding hydrogens is 222 g/mol. The van der Waals surface area contributed by atoms with Crippen LogP contribution in [0.25, 0.3) is 0 Å². The number of aliphatic carboxylic acids is 1. The molecule has 5 nitrogen and oxygen atoms in total. The summed E-state index contributed by atoms with van der Waals surface area (Å²) in [7, 11) is 0. The SMILES string of the molecule is O=C(O)CC(=O)NCCOCc1ccccc1. The number of hydrogen-bond donors (Lipinski definition) is 2. The molecule has 1 aromatic rings. The molecule has 0 aliphatic rings. The summed E-state index contributed by atoms with van der Waals surface area (Å²) in [4.78, 5) is 21.1. The summed E-state index contributed by atoms with van der Waals surface area (Å²) in [6.07, 6.45) is -0.501. The van der Waals surface area contributed by atoms with Crippen molar-refractivity contribution in [1.29, 1.82) is 0 Å². The van der Waals surface area contributed by atoms with Crippen LogP contribution in [0.1, 0.15) is 12.0 Å². The summed E-state index contributed by atoms with van der Waals surface area (Å²) in [6.45, 7) is 1.16. The van der Waals surface area contributed by atoms with E-state index < -0.39 is 18.3 Å². The maximum Gasteiger partial charge on any atom is 0.312 e. The van der Waals surface area contributed by atoms with Crippen LogP contribution in [0.5, 0.6) is 0 Å². The van der Waals surface area contributed by atoms with Crippen molar-refractivity contribution in [3.63, 3.8) is 0 Å². The lowest BCUT2D eigenvalue weighted by molar-refractivity contribution is -0.140. The van der Waals surface area contributed by atoms with Crippen LogP contribution in [0.3, 0.4) is 0 Å². The molecule has 2 N–H and O–H groups in total. The predicted molar refractivity (Wildman–Crippen MR) is 61.4 cm³/mol. The summed E-state index contributed by atoms with van der Waals surface area (Å²) in [5.74, 6) is -1.63. The molecule has 0 saturated carbocycles. The lowest BCUT2D eigenvalue weighted by atomic mass is 10.2. The van der Waals surface area contributed by atoms with Crippen LogP contribution in [-0.2, 0) is 20.9 Å². The molecule has 0 saturated heterocycles. The Morgan fingerprint density at radius 1 is 1.24 bits per heavy atom. The number of nitrogens with one attached hydrogen (secondary N) is 1. The number of carboxylic acid groups (broad SMARTS) is 1. The first-order valence-corrected chi connectivity index (χ1v) is 5.28. The molecule has 17 heavy (non-hydrogen) atoms. The average Bonchev–Trinajstić information content (AvgIpc) is 2.29. The zero-order valence-corrected chi connectivity index (χ0v) is 9.39. The van der Waals surface area contributed by atoms with E-state index in [1.807, 2.05) is 30.3 Å². The summed E-state index contributed by atoms with van der Waals surface area (Å²) in [5, 5.41) is 10.8. The maximum atomic E-state index is 10.9. The predicted octanol–water partition coefficient (Wildman–Crippen LogP) is 0.794. The van der Waals surface area contributed by atoms with Gasteiger partial charge in [-0.05, 0) is 5.56 Å². The van der Waals surface area contributed by atoms with Crippen LogP contribution in [0.15, 0.2) is 30.3 Å². The minimum absolute atomic E-state index is 0.318. The molecule has 0 aliphatic carbocycles. The molecular formula is C12H15NO4. The summed E-state index contributed by atoms with van der Waals surface area (Å²) in [5.41, 5.74) is 1.06. The standard InChI is InChI=1S/C12H15NO4/c14-11(8-12(15)16)13-6-7-17-9-10-4-2-1-3-5-10/h1-5H,6-9H2,(H,13,14)(H,15,16). The van der Waals surface area contributed by atoms with Crippen molar-refractivity contribution >= 4 is 11.9 Å². The Bertz CT molecular complexity index is 364. The smallest absolute Gasteiger partial charge is 0.312 e. The van der Waals surface area contributed by atoms with Gasteiger partial charge in [0.2, 0.25) is 5.91 Å². The molecule has 92 valence electrons. The Morgan fingerprint density at radius 2 is 1.94 bits per heavy atom. The molecule has 0 bridgehead atoms. The molecule has 0 unspecified atom stereocenters. The number of carbonyl (C=O) groups is 2. The van der Waals surface area contributed by atoms with Gasteiger partial charge in [-0.25, -0.2) is 0 Å². The highest BCUT2D eigenvalue weighted by molar-refractivity contribution is 5.93. The van der Waals surface area contributed by atoms with Gasteiger partial charge in [-0.2, -0.15) is 0 Å². The topological polar surface area (TPSA) is 75.6 Å². The first kappa shape index (κ1) is 13.2. The van der Waals surface area contributed by atoms with Gasteiger partial charge in [0.1, 0.15) is 6.42 Å². The van der Waals surface area contributed by atoms with Gasteiger partial charge in [0.15, 0.2) is 0 Å². The van der Waals surface area contributed by atoms with Crippen molar-refractivity contribution in [3.8, 4) is 0 Å². The van der Waals surface area contributed by atoms with E-state index in [0.29, 0.717) is 19.8 Å². The molecule has 1 aromatic carbocycles. The van der Waals surface area contributed by atoms with E-state index >= 15 is 0 Å². The third kappa shape index (κ3) is 6.32. The van der Waals surface area contributed by atoms with Gasteiger partial charge in [-0.1, -0.05) is 30.3 Å². The number of amides is 1. The van der Waals surface area contributed by atoms with E-state index in [1.54, 1.807) is 0 Å². The number of rotatable bonds is 7. The first-order chi connectivity index (χ1) is 8.18. The van der Waals surface area contributed by atoms with Gasteiger partial charge in [0.05, 0.1) is 13.2 Å². The van der Waals surface area contributed by atoms with Gasteiger partial charge in [-0.3, -0.25) is 9.59 Å². The van der Waals surface area contributed by atoms with Crippen molar-refractivity contribution in [2.75, 3.05) is 13.2 Å². The van der Waals surface area contributed by atoms with E-state index in [9.17, 15) is 9.59 Å². The number of carboxylic acids is 1. The molecule has 1 rings (SSSR count). The van der Waals surface area contributed by atoms with E-state index in [4.69, 9.17) is 9.84 Å². The molecule has 0 radical (unpaired) electrons. The zero-order valence-electron chi connectivity index (χ0n) is 9.39. The highest BCUT2D eigenvalue weighted by atomic mass is 16.5. The number of hydrogen-bond acceptors (Lipinski definition) is 3. The van der Waals surface area contributed by atoms with Crippen LogP contribution in [0, 0.1) is 0 Å². The van der Waals surface area contributed by atoms with Gasteiger partial charge in [0.25, 0.3) is 0 Å². The minimum atomic E-state index is -1.13. The summed E-state index contributed by atoms with van der Waals surface area (Å²) < 4.78 is 5.31. The molecule has 0 aliphatic heterocycles. The fourth-order valence-electron chi connectivity index (χ4n) is 1.23. The lowest BCUT2D eigenvalue weighted by Gasteiger charge is -2.05. The second kappa shape index (κ2) is 7.40. The monoisotopic (exact) mass is 237 g/mol. The normalized spacial score (nSPS) is 9.88. The van der Waals surface area contributed by atoms with Crippen molar-refractivity contribution in [1.82, 2.24) is 5.32 Å². The second-order valence-electron chi connectivity index (χ2n) is 3.46.